The number of epoxide rings is 1. The average Bonchev–Trinajstić information content (AvgIpc) is 2.67. The number of methoxy groups -OCH3 is 1. The van der Waals surface area contributed by atoms with E-state index in [0.29, 0.717) is 6.42 Å². The minimum absolute atomic E-state index is 0.513. The van der Waals surface area contributed by atoms with E-state index in [1.165, 1.54) is 7.11 Å². The minimum atomic E-state index is -1.27. The average molecular weight is 222 g/mol. The van der Waals surface area contributed by atoms with Gasteiger partial charge in [0, 0.05) is 6.54 Å². The summed E-state index contributed by atoms with van der Waals surface area (Å²) in [5.74, 6) is -0.513. The summed E-state index contributed by atoms with van der Waals surface area (Å²) >= 11 is 5.97. The number of halogens is 1. The Kier molecular flexibility index (Phi) is 3.09. The molecule has 0 radical (unpaired) electrons. The highest BCUT2D eigenvalue weighted by molar-refractivity contribution is 6.35. The zero-order chi connectivity index (χ0) is 11.0. The normalized spacial score (nSPS) is 35.9. The van der Waals surface area contributed by atoms with Crippen LogP contribution < -0.4 is 0 Å². The van der Waals surface area contributed by atoms with Crippen molar-refractivity contribution in [3.05, 3.63) is 0 Å². The predicted octanol–water partition coefficient (Wildman–Crippen LogP) is 0.835. The number of nitrogens with zero attached hydrogens (tertiary/aromatic N) is 1. The van der Waals surface area contributed by atoms with Crippen LogP contribution in [0.3, 0.4) is 0 Å². The van der Waals surface area contributed by atoms with E-state index in [-0.39, 0.29) is 0 Å². The van der Waals surface area contributed by atoms with Crippen molar-refractivity contribution in [2.45, 2.75) is 24.0 Å². The second-order valence-electron chi connectivity index (χ2n) is 3.97. The first-order chi connectivity index (χ1) is 6.35. The van der Waals surface area contributed by atoms with Crippen LogP contribution >= 0.6 is 11.6 Å². The lowest BCUT2D eigenvalue weighted by atomic mass is 10.0. The quantitative estimate of drug-likeness (QED) is 0.401. The van der Waals surface area contributed by atoms with Crippen molar-refractivity contribution in [3.63, 3.8) is 0 Å². The third-order valence-electron chi connectivity index (χ3n) is 2.49. The molecule has 0 aromatic rings. The molecule has 82 valence electrons. The maximum atomic E-state index is 11.3. The second-order valence-corrected chi connectivity index (χ2v) is 4.51. The molecule has 1 aliphatic rings. The molecule has 4 nitrogen and oxygen atoms in total. The van der Waals surface area contributed by atoms with E-state index < -0.39 is 16.6 Å². The SMILES string of the molecule is COC(=O)C1(Cl)OC1(C)CCN(C)C. The van der Waals surface area contributed by atoms with Crippen LogP contribution in [0.4, 0.5) is 0 Å². The van der Waals surface area contributed by atoms with Crippen LogP contribution in [0, 0.1) is 0 Å². The Bertz CT molecular complexity index is 246. The minimum Gasteiger partial charge on any atom is -0.466 e. The Hall–Kier alpha value is -0.320. The largest absolute Gasteiger partial charge is 0.466 e. The molecule has 0 amide bonds. The van der Waals surface area contributed by atoms with Crippen LogP contribution in [0.5, 0.6) is 0 Å². The molecule has 2 unspecified atom stereocenters. The van der Waals surface area contributed by atoms with Gasteiger partial charge in [-0.3, -0.25) is 0 Å². The van der Waals surface area contributed by atoms with E-state index in [1.807, 2.05) is 25.9 Å². The van der Waals surface area contributed by atoms with Crippen molar-refractivity contribution >= 4 is 17.6 Å². The van der Waals surface area contributed by atoms with Crippen molar-refractivity contribution in [3.8, 4) is 0 Å². The molecule has 0 aliphatic carbocycles. The Morgan fingerprint density at radius 2 is 2.14 bits per heavy atom. The monoisotopic (exact) mass is 221 g/mol. The van der Waals surface area contributed by atoms with Crippen LogP contribution in [-0.4, -0.2) is 49.3 Å². The van der Waals surface area contributed by atoms with Crippen LogP contribution in [0.2, 0.25) is 0 Å². The summed E-state index contributed by atoms with van der Waals surface area (Å²) in [5.41, 5.74) is -0.591. The van der Waals surface area contributed by atoms with Crippen LogP contribution in [0.25, 0.3) is 0 Å². The number of hydrogen-bond donors (Lipinski definition) is 0. The van der Waals surface area contributed by atoms with Gasteiger partial charge in [-0.05, 0) is 27.4 Å². The van der Waals surface area contributed by atoms with Crippen LogP contribution in [0.15, 0.2) is 0 Å². The molecule has 1 fully saturated rings. The standard InChI is InChI=1S/C9H16ClNO3/c1-8(5-6-11(2)3)9(10,14-8)7(12)13-4/h5-6H2,1-4H3. The summed E-state index contributed by atoms with van der Waals surface area (Å²) < 4.78 is 9.83. The maximum Gasteiger partial charge on any atom is 0.357 e. The number of alkyl halides is 1. The lowest BCUT2D eigenvalue weighted by molar-refractivity contribution is -0.143. The van der Waals surface area contributed by atoms with Crippen molar-refractivity contribution in [1.82, 2.24) is 4.90 Å². The molecule has 0 aromatic carbocycles. The Morgan fingerprint density at radius 1 is 1.57 bits per heavy atom. The first-order valence-corrected chi connectivity index (χ1v) is 4.86. The predicted molar refractivity (Wildman–Crippen MR) is 53.3 cm³/mol. The van der Waals surface area contributed by atoms with Gasteiger partial charge < -0.3 is 14.4 Å². The summed E-state index contributed by atoms with van der Waals surface area (Å²) in [5, 5.41) is -1.27. The summed E-state index contributed by atoms with van der Waals surface area (Å²) in [6, 6.07) is 0. The molecule has 5 heteroatoms. The molecule has 1 heterocycles. The first kappa shape index (κ1) is 11.8. The maximum absolute atomic E-state index is 11.3. The highest BCUT2D eigenvalue weighted by Gasteiger charge is 2.72. The summed E-state index contributed by atoms with van der Waals surface area (Å²) in [6.45, 7) is 2.64. The van der Waals surface area contributed by atoms with Gasteiger partial charge >= 0.3 is 5.97 Å². The van der Waals surface area contributed by atoms with Gasteiger partial charge in [-0.25, -0.2) is 4.79 Å². The van der Waals surface area contributed by atoms with Crippen LogP contribution in [0.1, 0.15) is 13.3 Å². The number of rotatable bonds is 4. The third kappa shape index (κ3) is 1.87. The molecular weight excluding hydrogens is 206 g/mol. The van der Waals surface area contributed by atoms with Crippen molar-refractivity contribution < 1.29 is 14.3 Å². The fourth-order valence-corrected chi connectivity index (χ4v) is 1.66. The molecule has 0 aromatic heterocycles. The zero-order valence-electron chi connectivity index (χ0n) is 8.96. The summed E-state index contributed by atoms with van der Waals surface area (Å²) in [4.78, 5) is 13.3. The number of hydrogen-bond acceptors (Lipinski definition) is 4. The smallest absolute Gasteiger partial charge is 0.357 e. The highest BCUT2D eigenvalue weighted by Crippen LogP contribution is 2.54. The van der Waals surface area contributed by atoms with Crippen LogP contribution in [-0.2, 0) is 14.3 Å². The Balaban J connectivity index is 2.52. The van der Waals surface area contributed by atoms with Gasteiger partial charge in [0.05, 0.1) is 7.11 Å². The fourth-order valence-electron chi connectivity index (χ4n) is 1.32. The highest BCUT2D eigenvalue weighted by atomic mass is 35.5. The molecule has 14 heavy (non-hydrogen) atoms. The summed E-state index contributed by atoms with van der Waals surface area (Å²) in [7, 11) is 5.22. The van der Waals surface area contributed by atoms with E-state index in [2.05, 4.69) is 4.74 Å². The third-order valence-corrected chi connectivity index (χ3v) is 3.12. The molecule has 0 N–H and O–H groups in total. The van der Waals surface area contributed by atoms with Gasteiger partial charge in [0.1, 0.15) is 5.60 Å². The van der Waals surface area contributed by atoms with E-state index in [4.69, 9.17) is 16.3 Å². The molecule has 0 spiro atoms. The van der Waals surface area contributed by atoms with Gasteiger partial charge in [-0.1, -0.05) is 11.6 Å². The Labute approximate surface area is 89.1 Å². The fraction of sp³-hybridized carbons (Fsp3) is 0.889. The lowest BCUT2D eigenvalue weighted by Crippen LogP contribution is -2.30. The molecule has 1 rings (SSSR count). The van der Waals surface area contributed by atoms with Gasteiger partial charge in [0.15, 0.2) is 0 Å². The van der Waals surface area contributed by atoms with Gasteiger partial charge in [-0.15, -0.1) is 0 Å². The topological polar surface area (TPSA) is 42.1 Å². The lowest BCUT2D eigenvalue weighted by Gasteiger charge is -2.13. The second kappa shape index (κ2) is 3.68. The van der Waals surface area contributed by atoms with Crippen molar-refractivity contribution in [1.29, 1.82) is 0 Å². The molecule has 1 aliphatic heterocycles. The van der Waals surface area contributed by atoms with Crippen molar-refractivity contribution in [2.24, 2.45) is 0 Å². The molecule has 1 saturated heterocycles. The van der Waals surface area contributed by atoms with E-state index in [0.717, 1.165) is 6.54 Å². The molecule has 0 saturated carbocycles. The molecule has 0 bridgehead atoms. The number of carbonyl (C=O) groups excluding carboxylic acids is 1. The van der Waals surface area contributed by atoms with E-state index in [1.54, 1.807) is 0 Å². The van der Waals surface area contributed by atoms with E-state index >= 15 is 0 Å². The number of ether oxygens (including phenoxy) is 2. The molecule has 2 atom stereocenters. The first-order valence-electron chi connectivity index (χ1n) is 4.48. The van der Waals surface area contributed by atoms with E-state index in [9.17, 15) is 4.79 Å². The van der Waals surface area contributed by atoms with Gasteiger partial charge in [0.25, 0.3) is 5.06 Å². The summed E-state index contributed by atoms with van der Waals surface area (Å²) in [6.07, 6.45) is 0.707. The van der Waals surface area contributed by atoms with Crippen molar-refractivity contribution in [2.75, 3.05) is 27.7 Å². The van der Waals surface area contributed by atoms with Gasteiger partial charge in [0.2, 0.25) is 0 Å². The number of esters is 1. The zero-order valence-corrected chi connectivity index (χ0v) is 9.72. The molecular formula is C9H16ClNO3. The number of carbonyl (C=O) groups is 1. The Morgan fingerprint density at radius 3 is 2.57 bits per heavy atom. The van der Waals surface area contributed by atoms with Gasteiger partial charge in [-0.2, -0.15) is 0 Å².